The van der Waals surface area contributed by atoms with Gasteiger partial charge in [0.05, 0.1) is 18.4 Å². The van der Waals surface area contributed by atoms with Gasteiger partial charge in [0.2, 0.25) is 5.91 Å². The molecule has 0 unspecified atom stereocenters. The van der Waals surface area contributed by atoms with Crippen LogP contribution in [0.3, 0.4) is 0 Å². The highest BCUT2D eigenvalue weighted by Crippen LogP contribution is 2.29. The zero-order chi connectivity index (χ0) is 13.8. The summed E-state index contributed by atoms with van der Waals surface area (Å²) in [5, 5.41) is 8.40. The lowest BCUT2D eigenvalue weighted by Crippen LogP contribution is -2.39. The first-order valence-corrected chi connectivity index (χ1v) is 7.96. The van der Waals surface area contributed by atoms with Gasteiger partial charge in [-0.15, -0.1) is 0 Å². The van der Waals surface area contributed by atoms with Crippen molar-refractivity contribution in [3.05, 3.63) is 12.4 Å². The van der Waals surface area contributed by atoms with Gasteiger partial charge in [-0.2, -0.15) is 15.0 Å². The Hall–Kier alpha value is -1.39. The van der Waals surface area contributed by atoms with Crippen molar-refractivity contribution in [3.8, 4) is 0 Å². The fourth-order valence-corrected chi connectivity index (χ4v) is 3.55. The van der Waals surface area contributed by atoms with E-state index in [-0.39, 0.29) is 0 Å². The van der Waals surface area contributed by atoms with Crippen LogP contribution in [0.25, 0.3) is 0 Å². The van der Waals surface area contributed by atoms with Crippen molar-refractivity contribution < 1.29 is 4.79 Å². The van der Waals surface area contributed by atoms with Gasteiger partial charge in [-0.3, -0.25) is 4.79 Å². The zero-order valence-corrected chi connectivity index (χ0v) is 12.1. The molecule has 1 saturated carbocycles. The summed E-state index contributed by atoms with van der Waals surface area (Å²) >= 11 is 0. The minimum absolute atomic E-state index is 0.351. The number of nitrogens with zero attached hydrogens (tertiary/aromatic N) is 4. The van der Waals surface area contributed by atoms with Crippen LogP contribution in [0.5, 0.6) is 0 Å². The van der Waals surface area contributed by atoms with E-state index in [4.69, 9.17) is 0 Å². The largest absolute Gasteiger partial charge is 0.343 e. The van der Waals surface area contributed by atoms with Crippen LogP contribution in [-0.4, -0.2) is 38.9 Å². The lowest BCUT2D eigenvalue weighted by atomic mass is 10.0. The first-order chi connectivity index (χ1) is 9.83. The highest BCUT2D eigenvalue weighted by Gasteiger charge is 2.25. The molecule has 1 aliphatic heterocycles. The second-order valence-electron chi connectivity index (χ2n) is 6.15. The molecule has 1 saturated heterocycles. The summed E-state index contributed by atoms with van der Waals surface area (Å²) in [6.07, 6.45) is 12.6. The number of hydrogen-bond acceptors (Lipinski definition) is 3. The molecule has 0 spiro atoms. The average molecular weight is 276 g/mol. The predicted octanol–water partition coefficient (Wildman–Crippen LogP) is 2.41. The molecule has 1 aromatic heterocycles. The Labute approximate surface area is 120 Å². The smallest absolute Gasteiger partial charge is 0.222 e. The van der Waals surface area contributed by atoms with E-state index in [9.17, 15) is 4.79 Å². The minimum Gasteiger partial charge on any atom is -0.343 e. The summed E-state index contributed by atoms with van der Waals surface area (Å²) in [4.78, 5) is 16.1. The van der Waals surface area contributed by atoms with Gasteiger partial charge in [-0.25, -0.2) is 0 Å². The second kappa shape index (κ2) is 6.37. The summed E-state index contributed by atoms with van der Waals surface area (Å²) in [6.45, 7) is 1.71. The molecule has 1 amide bonds. The van der Waals surface area contributed by atoms with Gasteiger partial charge in [0.1, 0.15) is 0 Å². The molecule has 3 rings (SSSR count). The van der Waals surface area contributed by atoms with Gasteiger partial charge in [0.25, 0.3) is 0 Å². The lowest BCUT2D eigenvalue weighted by molar-refractivity contribution is -0.132. The van der Waals surface area contributed by atoms with E-state index < -0.39 is 0 Å². The number of hydrogen-bond donors (Lipinski definition) is 0. The SMILES string of the molecule is O=C(CCC1CCCC1)N1CCC(n2nccn2)CC1. The van der Waals surface area contributed by atoms with Crippen molar-refractivity contribution >= 4 is 5.91 Å². The number of rotatable bonds is 4. The molecule has 0 N–H and O–H groups in total. The van der Waals surface area contributed by atoms with E-state index in [1.165, 1.54) is 25.7 Å². The fourth-order valence-electron chi connectivity index (χ4n) is 3.55. The van der Waals surface area contributed by atoms with E-state index >= 15 is 0 Å². The Kier molecular flexibility index (Phi) is 4.33. The molecule has 0 atom stereocenters. The third kappa shape index (κ3) is 3.19. The summed E-state index contributed by atoms with van der Waals surface area (Å²) < 4.78 is 0. The normalized spacial score (nSPS) is 21.5. The average Bonchev–Trinajstić information content (AvgIpc) is 3.18. The van der Waals surface area contributed by atoms with Crippen molar-refractivity contribution in [2.24, 2.45) is 5.92 Å². The van der Waals surface area contributed by atoms with E-state index in [0.29, 0.717) is 11.9 Å². The van der Waals surface area contributed by atoms with Crippen molar-refractivity contribution in [3.63, 3.8) is 0 Å². The molecule has 5 nitrogen and oxygen atoms in total. The molecule has 2 heterocycles. The van der Waals surface area contributed by atoms with Gasteiger partial charge >= 0.3 is 0 Å². The van der Waals surface area contributed by atoms with E-state index in [0.717, 1.165) is 44.7 Å². The molecular weight excluding hydrogens is 252 g/mol. The van der Waals surface area contributed by atoms with E-state index in [2.05, 4.69) is 10.2 Å². The Balaban J connectivity index is 1.42. The summed E-state index contributed by atoms with van der Waals surface area (Å²) in [5.74, 6) is 1.16. The van der Waals surface area contributed by atoms with Gasteiger partial charge < -0.3 is 4.90 Å². The maximum absolute atomic E-state index is 12.2. The van der Waals surface area contributed by atoms with E-state index in [1.54, 1.807) is 17.2 Å². The number of aromatic nitrogens is 3. The van der Waals surface area contributed by atoms with Crippen LogP contribution in [0, 0.1) is 5.92 Å². The first-order valence-electron chi connectivity index (χ1n) is 7.96. The molecule has 0 bridgehead atoms. The van der Waals surface area contributed by atoms with Crippen molar-refractivity contribution in [1.29, 1.82) is 0 Å². The maximum atomic E-state index is 12.2. The molecule has 1 aromatic rings. The summed E-state index contributed by atoms with van der Waals surface area (Å²) in [5.41, 5.74) is 0. The minimum atomic E-state index is 0.351. The molecule has 5 heteroatoms. The Morgan fingerprint density at radius 2 is 1.70 bits per heavy atom. The molecule has 2 aliphatic rings. The first kappa shape index (κ1) is 13.6. The van der Waals surface area contributed by atoms with E-state index in [1.807, 2.05) is 4.90 Å². The third-order valence-electron chi connectivity index (χ3n) is 4.82. The highest BCUT2D eigenvalue weighted by molar-refractivity contribution is 5.76. The molecule has 2 fully saturated rings. The monoisotopic (exact) mass is 276 g/mol. The van der Waals surface area contributed by atoms with Crippen LogP contribution < -0.4 is 0 Å². The van der Waals surface area contributed by atoms with Crippen LogP contribution in [0.4, 0.5) is 0 Å². The fraction of sp³-hybridized carbons (Fsp3) is 0.800. The Morgan fingerprint density at radius 3 is 2.35 bits per heavy atom. The van der Waals surface area contributed by atoms with Crippen LogP contribution in [0.15, 0.2) is 12.4 Å². The molecule has 0 radical (unpaired) electrons. The van der Waals surface area contributed by atoms with Gasteiger partial charge in [-0.05, 0) is 25.2 Å². The lowest BCUT2D eigenvalue weighted by Gasteiger charge is -2.31. The summed E-state index contributed by atoms with van der Waals surface area (Å²) in [7, 11) is 0. The van der Waals surface area contributed by atoms with Gasteiger partial charge in [0.15, 0.2) is 0 Å². The topological polar surface area (TPSA) is 51.0 Å². The molecule has 0 aromatic carbocycles. The number of piperidine rings is 1. The van der Waals surface area contributed by atoms with Gasteiger partial charge in [-0.1, -0.05) is 25.7 Å². The van der Waals surface area contributed by atoms with Crippen molar-refractivity contribution in [1.82, 2.24) is 19.9 Å². The number of carbonyl (C=O) groups excluding carboxylic acids is 1. The van der Waals surface area contributed by atoms with Gasteiger partial charge in [0, 0.05) is 19.5 Å². The standard InChI is InChI=1S/C15H24N4O/c20-15(6-5-13-3-1-2-4-13)18-11-7-14(8-12-18)19-16-9-10-17-19/h9-10,13-14H,1-8,11-12H2. The number of likely N-dealkylation sites (tertiary alicyclic amines) is 1. The van der Waals surface area contributed by atoms with Crippen molar-refractivity contribution in [2.75, 3.05) is 13.1 Å². The molecule has 110 valence electrons. The number of carbonyl (C=O) groups is 1. The maximum Gasteiger partial charge on any atom is 0.222 e. The third-order valence-corrected chi connectivity index (χ3v) is 4.82. The molecular formula is C15H24N4O. The molecule has 20 heavy (non-hydrogen) atoms. The summed E-state index contributed by atoms with van der Waals surface area (Å²) in [6, 6.07) is 0.365. The van der Waals surface area contributed by atoms with Crippen LogP contribution in [-0.2, 0) is 4.79 Å². The molecule has 1 aliphatic carbocycles. The Bertz CT molecular complexity index is 417. The van der Waals surface area contributed by atoms with Crippen LogP contribution >= 0.6 is 0 Å². The van der Waals surface area contributed by atoms with Crippen LogP contribution in [0.2, 0.25) is 0 Å². The van der Waals surface area contributed by atoms with Crippen LogP contribution in [0.1, 0.15) is 57.4 Å². The Morgan fingerprint density at radius 1 is 1.05 bits per heavy atom. The zero-order valence-electron chi connectivity index (χ0n) is 12.1. The second-order valence-corrected chi connectivity index (χ2v) is 6.15. The quantitative estimate of drug-likeness (QED) is 0.848. The van der Waals surface area contributed by atoms with Crippen molar-refractivity contribution in [2.45, 2.75) is 57.4 Å². The predicted molar refractivity (Wildman–Crippen MR) is 76.1 cm³/mol. The number of amides is 1. The highest BCUT2D eigenvalue weighted by atomic mass is 16.2.